The van der Waals surface area contributed by atoms with Crippen molar-refractivity contribution in [3.8, 4) is 0 Å². The van der Waals surface area contributed by atoms with Crippen molar-refractivity contribution in [2.75, 3.05) is 23.0 Å². The van der Waals surface area contributed by atoms with Crippen LogP contribution in [0.15, 0.2) is 12.4 Å². The molecule has 0 aliphatic carbocycles. The lowest BCUT2D eigenvalue weighted by Crippen LogP contribution is -2.42. The Hall–Kier alpha value is -2.23. The minimum Gasteiger partial charge on any atom is -0.480 e. The van der Waals surface area contributed by atoms with Crippen LogP contribution in [-0.4, -0.2) is 59.5 Å². The largest absolute Gasteiger partial charge is 0.480 e. The number of primary amides is 1. The Morgan fingerprint density at radius 2 is 2.05 bits per heavy atom. The van der Waals surface area contributed by atoms with E-state index >= 15 is 0 Å². The third kappa shape index (κ3) is 3.45. The molecular weight excluding hydrogens is 300 g/mol. The standard InChI is InChI=1S/C11H14N4O5S/c12-10(18)9-11(14-3-2-13-9)15(5-8(16)17)7-1-4-21(19,20)6-7/h2-3,7H,1,4-6H2,(H2,12,18)(H,16,17). The first-order valence-electron chi connectivity index (χ1n) is 6.10. The maximum atomic E-state index is 11.6. The van der Waals surface area contributed by atoms with Gasteiger partial charge in [-0.3, -0.25) is 9.59 Å². The van der Waals surface area contributed by atoms with Crippen molar-refractivity contribution in [2.45, 2.75) is 12.5 Å². The van der Waals surface area contributed by atoms with Gasteiger partial charge in [0, 0.05) is 18.4 Å². The van der Waals surface area contributed by atoms with Gasteiger partial charge in [0.05, 0.1) is 11.5 Å². The molecule has 1 atom stereocenters. The van der Waals surface area contributed by atoms with Gasteiger partial charge in [-0.1, -0.05) is 0 Å². The fraction of sp³-hybridized carbons (Fsp3) is 0.455. The number of amides is 1. The van der Waals surface area contributed by atoms with E-state index in [-0.39, 0.29) is 29.4 Å². The van der Waals surface area contributed by atoms with Crippen LogP contribution in [-0.2, 0) is 14.6 Å². The molecule has 0 aromatic carbocycles. The first kappa shape index (κ1) is 15.2. The van der Waals surface area contributed by atoms with Crippen LogP contribution < -0.4 is 10.6 Å². The van der Waals surface area contributed by atoms with Gasteiger partial charge in [-0.05, 0) is 6.42 Å². The first-order valence-corrected chi connectivity index (χ1v) is 7.92. The zero-order chi connectivity index (χ0) is 15.6. The molecule has 9 nitrogen and oxygen atoms in total. The summed E-state index contributed by atoms with van der Waals surface area (Å²) in [4.78, 5) is 31.4. The van der Waals surface area contributed by atoms with Crippen LogP contribution in [0.1, 0.15) is 16.9 Å². The lowest BCUT2D eigenvalue weighted by molar-refractivity contribution is -0.135. The molecule has 2 heterocycles. The monoisotopic (exact) mass is 314 g/mol. The number of carboxylic acids is 1. The van der Waals surface area contributed by atoms with Gasteiger partial charge in [0.1, 0.15) is 6.54 Å². The fourth-order valence-corrected chi connectivity index (χ4v) is 3.99. The normalized spacial score (nSPS) is 20.1. The van der Waals surface area contributed by atoms with E-state index < -0.39 is 34.3 Å². The Balaban J connectivity index is 2.42. The lowest BCUT2D eigenvalue weighted by atomic mass is 10.2. The van der Waals surface area contributed by atoms with E-state index in [0.717, 1.165) is 0 Å². The number of aromatic nitrogens is 2. The summed E-state index contributed by atoms with van der Waals surface area (Å²) < 4.78 is 23.2. The number of hydrogen-bond donors (Lipinski definition) is 2. The van der Waals surface area contributed by atoms with Gasteiger partial charge in [-0.25, -0.2) is 18.4 Å². The maximum Gasteiger partial charge on any atom is 0.323 e. The third-order valence-electron chi connectivity index (χ3n) is 3.14. The molecule has 1 saturated heterocycles. The van der Waals surface area contributed by atoms with Crippen LogP contribution in [0, 0.1) is 0 Å². The van der Waals surface area contributed by atoms with Crippen molar-refractivity contribution in [2.24, 2.45) is 5.73 Å². The average Bonchev–Trinajstić information content (AvgIpc) is 2.76. The van der Waals surface area contributed by atoms with Crippen LogP contribution in [0.3, 0.4) is 0 Å². The molecule has 1 unspecified atom stereocenters. The molecule has 0 radical (unpaired) electrons. The van der Waals surface area contributed by atoms with Crippen LogP contribution in [0.25, 0.3) is 0 Å². The van der Waals surface area contributed by atoms with Gasteiger partial charge in [0.2, 0.25) is 0 Å². The molecule has 1 aromatic heterocycles. The second kappa shape index (κ2) is 5.64. The molecule has 0 bridgehead atoms. The van der Waals surface area contributed by atoms with E-state index in [2.05, 4.69) is 9.97 Å². The molecule has 1 aliphatic rings. The van der Waals surface area contributed by atoms with E-state index in [0.29, 0.717) is 0 Å². The SMILES string of the molecule is NC(=O)c1nccnc1N(CC(=O)O)C1CCS(=O)(=O)C1. The maximum absolute atomic E-state index is 11.6. The molecule has 21 heavy (non-hydrogen) atoms. The van der Waals surface area contributed by atoms with Crippen molar-refractivity contribution in [1.29, 1.82) is 0 Å². The van der Waals surface area contributed by atoms with Crippen molar-refractivity contribution >= 4 is 27.5 Å². The Bertz CT molecular complexity index is 675. The summed E-state index contributed by atoms with van der Waals surface area (Å²) in [7, 11) is -3.22. The number of carbonyl (C=O) groups excluding carboxylic acids is 1. The Labute approximate surface area is 120 Å². The quantitative estimate of drug-likeness (QED) is 0.679. The summed E-state index contributed by atoms with van der Waals surface area (Å²) >= 11 is 0. The second-order valence-corrected chi connectivity index (χ2v) is 6.90. The summed E-state index contributed by atoms with van der Waals surface area (Å²) in [5.74, 6) is -2.24. The molecule has 2 rings (SSSR count). The molecule has 0 spiro atoms. The van der Waals surface area contributed by atoms with E-state index in [1.807, 2.05) is 0 Å². The Morgan fingerprint density at radius 3 is 2.57 bits per heavy atom. The predicted molar refractivity (Wildman–Crippen MR) is 72.6 cm³/mol. The predicted octanol–water partition coefficient (Wildman–Crippen LogP) is -1.35. The van der Waals surface area contributed by atoms with E-state index in [9.17, 15) is 18.0 Å². The summed E-state index contributed by atoms with van der Waals surface area (Å²) in [6, 6.07) is -0.569. The molecular formula is C11H14N4O5S. The highest BCUT2D eigenvalue weighted by molar-refractivity contribution is 7.91. The van der Waals surface area contributed by atoms with Gasteiger partial charge in [0.25, 0.3) is 5.91 Å². The van der Waals surface area contributed by atoms with Crippen molar-refractivity contribution in [3.05, 3.63) is 18.1 Å². The van der Waals surface area contributed by atoms with Crippen molar-refractivity contribution in [1.82, 2.24) is 9.97 Å². The fourth-order valence-electron chi connectivity index (χ4n) is 2.26. The number of carboxylic acid groups (broad SMARTS) is 1. The number of anilines is 1. The molecule has 1 aliphatic heterocycles. The number of hydrogen-bond acceptors (Lipinski definition) is 7. The van der Waals surface area contributed by atoms with Gasteiger partial charge in [0.15, 0.2) is 21.3 Å². The van der Waals surface area contributed by atoms with E-state index in [1.165, 1.54) is 17.3 Å². The smallest absolute Gasteiger partial charge is 0.323 e. The minimum atomic E-state index is -3.22. The third-order valence-corrected chi connectivity index (χ3v) is 4.89. The molecule has 3 N–H and O–H groups in total. The summed E-state index contributed by atoms with van der Waals surface area (Å²) in [5.41, 5.74) is 5.02. The zero-order valence-corrected chi connectivity index (χ0v) is 11.8. The van der Waals surface area contributed by atoms with Gasteiger partial charge >= 0.3 is 5.97 Å². The Morgan fingerprint density at radius 1 is 1.38 bits per heavy atom. The van der Waals surface area contributed by atoms with Crippen LogP contribution in [0.4, 0.5) is 5.82 Å². The highest BCUT2D eigenvalue weighted by Crippen LogP contribution is 2.24. The Kier molecular flexibility index (Phi) is 4.07. The van der Waals surface area contributed by atoms with Crippen LogP contribution in [0.5, 0.6) is 0 Å². The molecule has 114 valence electrons. The van der Waals surface area contributed by atoms with E-state index in [4.69, 9.17) is 10.8 Å². The number of carbonyl (C=O) groups is 2. The molecule has 1 aromatic rings. The molecule has 1 amide bonds. The van der Waals surface area contributed by atoms with Gasteiger partial charge in [-0.2, -0.15) is 0 Å². The summed E-state index contributed by atoms with van der Waals surface area (Å²) in [6.07, 6.45) is 2.82. The van der Waals surface area contributed by atoms with Crippen LogP contribution >= 0.6 is 0 Å². The van der Waals surface area contributed by atoms with Gasteiger partial charge < -0.3 is 15.7 Å². The van der Waals surface area contributed by atoms with Crippen molar-refractivity contribution in [3.63, 3.8) is 0 Å². The average molecular weight is 314 g/mol. The summed E-state index contributed by atoms with van der Waals surface area (Å²) in [5, 5.41) is 9.01. The number of nitrogens with zero attached hydrogens (tertiary/aromatic N) is 3. The molecule has 1 fully saturated rings. The van der Waals surface area contributed by atoms with E-state index in [1.54, 1.807) is 0 Å². The first-order chi connectivity index (χ1) is 9.80. The van der Waals surface area contributed by atoms with Gasteiger partial charge in [-0.15, -0.1) is 0 Å². The lowest BCUT2D eigenvalue weighted by Gasteiger charge is -2.28. The number of nitrogens with two attached hydrogens (primary N) is 1. The minimum absolute atomic E-state index is 0.00509. The topological polar surface area (TPSA) is 144 Å². The summed E-state index contributed by atoms with van der Waals surface area (Å²) in [6.45, 7) is -0.487. The highest BCUT2D eigenvalue weighted by atomic mass is 32.2. The number of sulfone groups is 1. The van der Waals surface area contributed by atoms with Crippen molar-refractivity contribution < 1.29 is 23.1 Å². The zero-order valence-electron chi connectivity index (χ0n) is 11.0. The molecule has 10 heteroatoms. The number of aliphatic carboxylic acids is 1. The number of rotatable bonds is 5. The highest BCUT2D eigenvalue weighted by Gasteiger charge is 2.35. The molecule has 0 saturated carbocycles. The second-order valence-electron chi connectivity index (χ2n) is 4.67. The van der Waals surface area contributed by atoms with Crippen LogP contribution in [0.2, 0.25) is 0 Å².